The second-order valence-electron chi connectivity index (χ2n) is 4.53. The van der Waals surface area contributed by atoms with Gasteiger partial charge in [0.1, 0.15) is 0 Å². The Hall–Kier alpha value is -1.42. The molecule has 1 aromatic rings. The Morgan fingerprint density at radius 1 is 1.25 bits per heavy atom. The van der Waals surface area contributed by atoms with Crippen LogP contribution in [0.2, 0.25) is 0 Å². The van der Waals surface area contributed by atoms with E-state index in [1.807, 2.05) is 39.8 Å². The van der Waals surface area contributed by atoms with Crippen LogP contribution in [0.1, 0.15) is 31.9 Å². The van der Waals surface area contributed by atoms with Crippen molar-refractivity contribution < 1.29 is 4.92 Å². The molecule has 0 amide bonds. The van der Waals surface area contributed by atoms with Gasteiger partial charge >= 0.3 is 0 Å². The third kappa shape index (κ3) is 3.62. The molecule has 4 heteroatoms. The molecule has 0 aliphatic carbocycles. The number of benzene rings is 1. The van der Waals surface area contributed by atoms with Gasteiger partial charge in [0.25, 0.3) is 5.69 Å². The van der Waals surface area contributed by atoms with Gasteiger partial charge in [0, 0.05) is 11.6 Å². The van der Waals surface area contributed by atoms with Gasteiger partial charge < -0.3 is 5.73 Å². The lowest BCUT2D eigenvalue weighted by atomic mass is 9.85. The van der Waals surface area contributed by atoms with Crippen molar-refractivity contribution in [2.75, 3.05) is 7.05 Å². The molecule has 1 rings (SSSR count). The van der Waals surface area contributed by atoms with Crippen LogP contribution in [0.15, 0.2) is 18.2 Å². The summed E-state index contributed by atoms with van der Waals surface area (Å²) in [6.07, 6.45) is 0. The van der Waals surface area contributed by atoms with E-state index < -0.39 is 0 Å². The first-order valence-electron chi connectivity index (χ1n) is 5.15. The minimum atomic E-state index is -0.312. The van der Waals surface area contributed by atoms with E-state index in [2.05, 4.69) is 5.73 Å². The van der Waals surface area contributed by atoms with Crippen LogP contribution in [-0.4, -0.2) is 12.0 Å². The van der Waals surface area contributed by atoms with Gasteiger partial charge in [-0.25, -0.2) is 0 Å². The Kier molecular flexibility index (Phi) is 5.11. The van der Waals surface area contributed by atoms with Crippen molar-refractivity contribution in [2.24, 2.45) is 5.73 Å². The number of aryl methyl sites for hydroxylation is 1. The van der Waals surface area contributed by atoms with Crippen LogP contribution in [0.3, 0.4) is 0 Å². The fraction of sp³-hybridized carbons (Fsp3) is 0.500. The molecule has 16 heavy (non-hydrogen) atoms. The number of nitro groups is 1. The van der Waals surface area contributed by atoms with Crippen molar-refractivity contribution in [3.63, 3.8) is 0 Å². The Morgan fingerprint density at radius 3 is 2.12 bits per heavy atom. The zero-order valence-electron chi connectivity index (χ0n) is 10.6. The maximum absolute atomic E-state index is 10.8. The van der Waals surface area contributed by atoms with Gasteiger partial charge in [-0.05, 0) is 24.9 Å². The predicted molar refractivity (Wildman–Crippen MR) is 66.6 cm³/mol. The van der Waals surface area contributed by atoms with E-state index in [0.717, 1.165) is 11.1 Å². The third-order valence-electron chi connectivity index (χ3n) is 2.16. The number of hydrogen-bond donors (Lipinski definition) is 1. The lowest BCUT2D eigenvalue weighted by Crippen LogP contribution is -2.13. The molecule has 0 saturated carbocycles. The molecular formula is C12H20N2O2. The highest BCUT2D eigenvalue weighted by Gasteiger charge is 2.24. The number of nitrogens with zero attached hydrogens (tertiary/aromatic N) is 1. The topological polar surface area (TPSA) is 69.2 Å². The summed E-state index contributed by atoms with van der Waals surface area (Å²) >= 11 is 0. The number of nitrogens with two attached hydrogens (primary N) is 1. The maximum atomic E-state index is 10.8. The number of rotatable bonds is 1. The van der Waals surface area contributed by atoms with Gasteiger partial charge in [-0.1, -0.05) is 32.9 Å². The molecule has 2 N–H and O–H groups in total. The molecule has 0 saturated heterocycles. The largest absolute Gasteiger partial charge is 0.333 e. The summed E-state index contributed by atoms with van der Waals surface area (Å²) < 4.78 is 0. The molecule has 0 unspecified atom stereocenters. The Labute approximate surface area is 96.6 Å². The Morgan fingerprint density at radius 2 is 1.75 bits per heavy atom. The van der Waals surface area contributed by atoms with Crippen molar-refractivity contribution in [2.45, 2.75) is 33.1 Å². The van der Waals surface area contributed by atoms with Crippen LogP contribution in [-0.2, 0) is 5.41 Å². The summed E-state index contributed by atoms with van der Waals surface area (Å²) in [4.78, 5) is 10.5. The summed E-state index contributed by atoms with van der Waals surface area (Å²) in [7, 11) is 1.50. The maximum Gasteiger partial charge on any atom is 0.273 e. The molecular weight excluding hydrogens is 204 g/mol. The molecule has 0 aliphatic rings. The fourth-order valence-corrected chi connectivity index (χ4v) is 1.43. The third-order valence-corrected chi connectivity index (χ3v) is 2.16. The minimum Gasteiger partial charge on any atom is -0.333 e. The van der Waals surface area contributed by atoms with Gasteiger partial charge in [-0.3, -0.25) is 10.1 Å². The molecule has 0 radical (unpaired) electrons. The van der Waals surface area contributed by atoms with E-state index in [0.29, 0.717) is 0 Å². The highest BCUT2D eigenvalue weighted by molar-refractivity contribution is 5.46. The predicted octanol–water partition coefficient (Wildman–Crippen LogP) is 2.78. The first-order valence-corrected chi connectivity index (χ1v) is 5.15. The normalized spacial score (nSPS) is 10.4. The van der Waals surface area contributed by atoms with E-state index in [4.69, 9.17) is 0 Å². The number of nitro benzene ring substituents is 1. The average Bonchev–Trinajstić information content (AvgIpc) is 2.18. The quantitative estimate of drug-likeness (QED) is 0.589. The zero-order valence-corrected chi connectivity index (χ0v) is 10.6. The number of hydrogen-bond acceptors (Lipinski definition) is 3. The van der Waals surface area contributed by atoms with Gasteiger partial charge in [0.15, 0.2) is 0 Å². The van der Waals surface area contributed by atoms with Crippen molar-refractivity contribution in [3.05, 3.63) is 39.4 Å². The van der Waals surface area contributed by atoms with Crippen molar-refractivity contribution in [1.29, 1.82) is 0 Å². The minimum absolute atomic E-state index is 0.184. The summed E-state index contributed by atoms with van der Waals surface area (Å²) in [6.45, 7) is 7.79. The van der Waals surface area contributed by atoms with Crippen LogP contribution in [0.5, 0.6) is 0 Å². The molecule has 0 atom stereocenters. The molecule has 1 aromatic carbocycles. The van der Waals surface area contributed by atoms with Crippen molar-refractivity contribution in [3.8, 4) is 0 Å². The lowest BCUT2D eigenvalue weighted by Gasteiger charge is -2.18. The molecule has 0 spiro atoms. The van der Waals surface area contributed by atoms with Gasteiger partial charge in [0.2, 0.25) is 0 Å². The first kappa shape index (κ1) is 14.6. The lowest BCUT2D eigenvalue weighted by molar-refractivity contribution is -0.386. The van der Waals surface area contributed by atoms with E-state index in [-0.39, 0.29) is 16.0 Å². The molecule has 0 bridgehead atoms. The average molecular weight is 224 g/mol. The fourth-order valence-electron chi connectivity index (χ4n) is 1.43. The van der Waals surface area contributed by atoms with Crippen LogP contribution < -0.4 is 5.73 Å². The monoisotopic (exact) mass is 224 g/mol. The SMILES string of the molecule is CN.Cc1ccc(C(C)(C)C)c([N+](=O)[O-])c1. The molecule has 0 aromatic heterocycles. The highest BCUT2D eigenvalue weighted by atomic mass is 16.6. The molecule has 4 nitrogen and oxygen atoms in total. The van der Waals surface area contributed by atoms with Crippen LogP contribution in [0, 0.1) is 17.0 Å². The Balaban J connectivity index is 0.00000106. The molecule has 0 heterocycles. The Bertz CT molecular complexity index is 368. The second-order valence-corrected chi connectivity index (χ2v) is 4.53. The van der Waals surface area contributed by atoms with E-state index in [1.54, 1.807) is 6.07 Å². The van der Waals surface area contributed by atoms with Gasteiger partial charge in [0.05, 0.1) is 4.92 Å². The van der Waals surface area contributed by atoms with Gasteiger partial charge in [-0.15, -0.1) is 0 Å². The summed E-state index contributed by atoms with van der Waals surface area (Å²) in [6, 6.07) is 5.38. The molecule has 90 valence electrons. The van der Waals surface area contributed by atoms with E-state index >= 15 is 0 Å². The van der Waals surface area contributed by atoms with Crippen LogP contribution in [0.4, 0.5) is 5.69 Å². The summed E-state index contributed by atoms with van der Waals surface area (Å²) in [5.41, 5.74) is 6.24. The summed E-state index contributed by atoms with van der Waals surface area (Å²) in [5, 5.41) is 10.8. The van der Waals surface area contributed by atoms with Crippen LogP contribution in [0.25, 0.3) is 0 Å². The van der Waals surface area contributed by atoms with Gasteiger partial charge in [-0.2, -0.15) is 0 Å². The first-order chi connectivity index (χ1) is 7.32. The van der Waals surface area contributed by atoms with E-state index in [1.165, 1.54) is 7.05 Å². The molecule has 0 aliphatic heterocycles. The van der Waals surface area contributed by atoms with Crippen molar-refractivity contribution in [1.82, 2.24) is 0 Å². The highest BCUT2D eigenvalue weighted by Crippen LogP contribution is 2.31. The van der Waals surface area contributed by atoms with Crippen molar-refractivity contribution >= 4 is 5.69 Å². The second kappa shape index (κ2) is 5.61. The van der Waals surface area contributed by atoms with E-state index in [9.17, 15) is 10.1 Å². The standard InChI is InChI=1S/C11H15NO2.CH5N/c1-8-5-6-9(11(2,3)4)10(7-8)12(13)14;1-2/h5-7H,1-4H3;2H2,1H3. The molecule has 0 fully saturated rings. The zero-order chi connectivity index (χ0) is 12.9. The van der Waals surface area contributed by atoms with Crippen LogP contribution >= 0.6 is 0 Å². The summed E-state index contributed by atoms with van der Waals surface area (Å²) in [5.74, 6) is 0. The smallest absolute Gasteiger partial charge is 0.273 e.